The van der Waals surface area contributed by atoms with Gasteiger partial charge in [0.15, 0.2) is 5.54 Å². The molecule has 10 heteroatoms. The fraction of sp³-hybridized carbons (Fsp3) is 0.385. The summed E-state index contributed by atoms with van der Waals surface area (Å²) >= 11 is 1.33. The third-order valence-corrected chi connectivity index (χ3v) is 6.96. The molecule has 1 saturated heterocycles. The van der Waals surface area contributed by atoms with E-state index in [0.717, 1.165) is 5.56 Å². The Morgan fingerprint density at radius 3 is 2.50 bits per heavy atom. The van der Waals surface area contributed by atoms with Gasteiger partial charge in [0.1, 0.15) is 12.2 Å². The number of amides is 1. The van der Waals surface area contributed by atoms with E-state index in [1.54, 1.807) is 49.9 Å². The first kappa shape index (κ1) is 25.4. The molecule has 0 radical (unpaired) electrons. The lowest BCUT2D eigenvalue weighted by Crippen LogP contribution is -2.58. The number of carbonyl (C=O) groups excluding carboxylic acids is 2. The Labute approximate surface area is 213 Å². The summed E-state index contributed by atoms with van der Waals surface area (Å²) in [5.41, 5.74) is -1.73. The molecule has 4 rings (SSSR count). The molecule has 1 aliphatic rings. The van der Waals surface area contributed by atoms with Gasteiger partial charge in [0, 0.05) is 17.3 Å². The molecule has 1 amide bonds. The number of ether oxygens (including phenoxy) is 2. The number of aromatic nitrogens is 2. The van der Waals surface area contributed by atoms with Crippen LogP contribution in [0.1, 0.15) is 43.7 Å². The zero-order chi connectivity index (χ0) is 25.9. The van der Waals surface area contributed by atoms with Crippen molar-refractivity contribution in [1.82, 2.24) is 14.5 Å². The van der Waals surface area contributed by atoms with Gasteiger partial charge in [-0.3, -0.25) is 9.69 Å². The summed E-state index contributed by atoms with van der Waals surface area (Å²) in [7, 11) is 0. The van der Waals surface area contributed by atoms with E-state index in [0.29, 0.717) is 4.88 Å². The molecule has 3 heterocycles. The Bertz CT molecular complexity index is 1190. The van der Waals surface area contributed by atoms with E-state index in [1.807, 2.05) is 35.7 Å². The molecule has 3 unspecified atom stereocenters. The number of carbonyl (C=O) groups is 3. The molecule has 0 bridgehead atoms. The quantitative estimate of drug-likeness (QED) is 0.465. The van der Waals surface area contributed by atoms with Crippen LogP contribution >= 0.6 is 11.3 Å². The molecular formula is C26H29N3O6S. The van der Waals surface area contributed by atoms with Gasteiger partial charge in [-0.2, -0.15) is 0 Å². The monoisotopic (exact) mass is 511 g/mol. The van der Waals surface area contributed by atoms with E-state index in [9.17, 15) is 19.5 Å². The van der Waals surface area contributed by atoms with Crippen LogP contribution in [-0.4, -0.2) is 48.7 Å². The van der Waals surface area contributed by atoms with E-state index < -0.39 is 41.1 Å². The van der Waals surface area contributed by atoms with Crippen LogP contribution in [0.4, 0.5) is 4.79 Å². The van der Waals surface area contributed by atoms with Crippen LogP contribution < -0.4 is 0 Å². The molecule has 1 N–H and O–H groups in total. The summed E-state index contributed by atoms with van der Waals surface area (Å²) < 4.78 is 13.1. The molecule has 2 aromatic heterocycles. The lowest BCUT2D eigenvalue weighted by Gasteiger charge is -2.39. The number of thiophene rings is 1. The van der Waals surface area contributed by atoms with Gasteiger partial charge in [-0.15, -0.1) is 11.3 Å². The summed E-state index contributed by atoms with van der Waals surface area (Å²) in [6.45, 7) is 5.13. The van der Waals surface area contributed by atoms with Crippen LogP contribution in [0, 0.1) is 5.92 Å². The van der Waals surface area contributed by atoms with E-state index in [4.69, 9.17) is 9.47 Å². The van der Waals surface area contributed by atoms with Crippen molar-refractivity contribution in [3.63, 3.8) is 0 Å². The molecule has 1 aromatic carbocycles. The number of carboxylic acid groups (broad SMARTS) is 1. The number of carboxylic acids is 1. The predicted molar refractivity (Wildman–Crippen MR) is 132 cm³/mol. The van der Waals surface area contributed by atoms with Crippen LogP contribution in [-0.2, 0) is 32.2 Å². The zero-order valence-corrected chi connectivity index (χ0v) is 21.2. The molecule has 0 saturated carbocycles. The number of imidazole rings is 1. The Balaban J connectivity index is 1.82. The highest BCUT2D eigenvalue weighted by Gasteiger charge is 2.63. The minimum absolute atomic E-state index is 0.0272. The standard InChI is InChI=1S/C26H29N3O6S/c1-25(2,3)35-23(32)26(16-28-12-11-27-17-28)14-19(22(30)31)21(20-10-7-13-36-20)29(26)24(33)34-15-18-8-5-4-6-9-18/h4-13,17,19,21H,14-16H2,1-3H3,(H,30,31). The van der Waals surface area contributed by atoms with E-state index in [-0.39, 0.29) is 19.6 Å². The van der Waals surface area contributed by atoms with Crippen LogP contribution in [0.5, 0.6) is 0 Å². The Morgan fingerprint density at radius 2 is 1.92 bits per heavy atom. The highest BCUT2D eigenvalue weighted by molar-refractivity contribution is 7.10. The number of rotatable bonds is 7. The first-order chi connectivity index (χ1) is 17.1. The van der Waals surface area contributed by atoms with Crippen molar-refractivity contribution in [3.05, 3.63) is 77.0 Å². The van der Waals surface area contributed by atoms with Crippen LogP contribution in [0.25, 0.3) is 0 Å². The SMILES string of the molecule is CC(C)(C)OC(=O)C1(Cn2ccnc2)CC(C(=O)O)C(c2cccs2)N1C(=O)OCc1ccccc1. The fourth-order valence-electron chi connectivity index (χ4n) is 4.55. The smallest absolute Gasteiger partial charge is 0.411 e. The summed E-state index contributed by atoms with van der Waals surface area (Å²) in [6, 6.07) is 11.8. The van der Waals surface area contributed by atoms with Crippen molar-refractivity contribution in [3.8, 4) is 0 Å². The van der Waals surface area contributed by atoms with E-state index in [2.05, 4.69) is 4.98 Å². The predicted octanol–water partition coefficient (Wildman–Crippen LogP) is 4.51. The van der Waals surface area contributed by atoms with Gasteiger partial charge in [0.25, 0.3) is 0 Å². The summed E-state index contributed by atoms with van der Waals surface area (Å²) in [4.78, 5) is 46.2. The third-order valence-electron chi connectivity index (χ3n) is 6.01. The molecule has 190 valence electrons. The van der Waals surface area contributed by atoms with E-state index >= 15 is 0 Å². The Hall–Kier alpha value is -3.66. The topological polar surface area (TPSA) is 111 Å². The first-order valence-corrected chi connectivity index (χ1v) is 12.4. The Morgan fingerprint density at radius 1 is 1.17 bits per heavy atom. The van der Waals surface area contributed by atoms with Gasteiger partial charge in [0.05, 0.1) is 24.8 Å². The van der Waals surface area contributed by atoms with Crippen LogP contribution in [0.15, 0.2) is 66.6 Å². The van der Waals surface area contributed by atoms with Crippen LogP contribution in [0.2, 0.25) is 0 Å². The first-order valence-electron chi connectivity index (χ1n) is 11.6. The Kier molecular flexibility index (Phi) is 7.16. The number of aliphatic carboxylic acids is 1. The van der Waals surface area contributed by atoms with Crippen molar-refractivity contribution in [2.24, 2.45) is 5.92 Å². The second-order valence-electron chi connectivity index (χ2n) is 9.79. The molecule has 0 spiro atoms. The number of hydrogen-bond acceptors (Lipinski definition) is 7. The maximum absolute atomic E-state index is 13.9. The second-order valence-corrected chi connectivity index (χ2v) is 10.8. The number of esters is 1. The van der Waals surface area contributed by atoms with Gasteiger partial charge in [0.2, 0.25) is 0 Å². The zero-order valence-electron chi connectivity index (χ0n) is 20.4. The maximum Gasteiger partial charge on any atom is 0.411 e. The maximum atomic E-state index is 13.9. The van der Waals surface area contributed by atoms with Crippen molar-refractivity contribution < 1.29 is 29.0 Å². The van der Waals surface area contributed by atoms with Crippen molar-refractivity contribution in [2.75, 3.05) is 0 Å². The largest absolute Gasteiger partial charge is 0.481 e. The minimum atomic E-state index is -1.64. The summed E-state index contributed by atoms with van der Waals surface area (Å²) in [5.74, 6) is -2.85. The molecule has 1 fully saturated rings. The normalized spacial score (nSPS) is 21.8. The van der Waals surface area contributed by atoms with Gasteiger partial charge >= 0.3 is 18.0 Å². The molecular weight excluding hydrogens is 482 g/mol. The second kappa shape index (κ2) is 10.1. The number of benzene rings is 1. The average molecular weight is 512 g/mol. The molecule has 0 aliphatic carbocycles. The molecule has 3 aromatic rings. The number of nitrogens with zero attached hydrogens (tertiary/aromatic N) is 3. The van der Waals surface area contributed by atoms with Gasteiger partial charge in [-0.05, 0) is 44.2 Å². The highest BCUT2D eigenvalue weighted by Crippen LogP contribution is 2.50. The van der Waals surface area contributed by atoms with Crippen molar-refractivity contribution >= 4 is 29.4 Å². The molecule has 9 nitrogen and oxygen atoms in total. The molecule has 1 aliphatic heterocycles. The van der Waals surface area contributed by atoms with E-state index in [1.165, 1.54) is 22.6 Å². The minimum Gasteiger partial charge on any atom is -0.481 e. The fourth-order valence-corrected chi connectivity index (χ4v) is 5.43. The van der Waals surface area contributed by atoms with Crippen molar-refractivity contribution in [1.29, 1.82) is 0 Å². The lowest BCUT2D eigenvalue weighted by molar-refractivity contribution is -0.169. The number of hydrogen-bond donors (Lipinski definition) is 1. The van der Waals surface area contributed by atoms with Crippen LogP contribution in [0.3, 0.4) is 0 Å². The highest BCUT2D eigenvalue weighted by atomic mass is 32.1. The van der Waals surface area contributed by atoms with Crippen molar-refractivity contribution in [2.45, 2.75) is 57.5 Å². The number of likely N-dealkylation sites (tertiary alicyclic amines) is 1. The molecule has 36 heavy (non-hydrogen) atoms. The van der Waals surface area contributed by atoms with Gasteiger partial charge in [-0.1, -0.05) is 36.4 Å². The summed E-state index contributed by atoms with van der Waals surface area (Å²) in [5, 5.41) is 12.0. The van der Waals surface area contributed by atoms with Gasteiger partial charge in [-0.25, -0.2) is 14.6 Å². The molecule has 3 atom stereocenters. The average Bonchev–Trinajstić information content (AvgIpc) is 3.58. The van der Waals surface area contributed by atoms with Gasteiger partial charge < -0.3 is 19.1 Å². The lowest BCUT2D eigenvalue weighted by atomic mass is 9.90. The summed E-state index contributed by atoms with van der Waals surface area (Å²) in [6.07, 6.45) is 3.81. The third kappa shape index (κ3) is 5.28.